The standard InChI is InChI=1S/C13H16F2N4O/c14-12(15)9-20-5-4-17-7-11-8-18-19-13(11)10-2-1-3-16-6-10/h1-3,6,8,12,17H,4-5,7,9H2,(H,18,19). The van der Waals surface area contributed by atoms with Crippen molar-refractivity contribution in [2.24, 2.45) is 0 Å². The van der Waals surface area contributed by atoms with Crippen LogP contribution in [0.1, 0.15) is 5.56 Å². The van der Waals surface area contributed by atoms with Crippen molar-refractivity contribution < 1.29 is 13.5 Å². The van der Waals surface area contributed by atoms with Gasteiger partial charge in [-0.15, -0.1) is 0 Å². The van der Waals surface area contributed by atoms with Crippen molar-refractivity contribution in [2.75, 3.05) is 19.8 Å². The molecule has 0 radical (unpaired) electrons. The summed E-state index contributed by atoms with van der Waals surface area (Å²) in [6.07, 6.45) is 2.78. The van der Waals surface area contributed by atoms with Crippen molar-refractivity contribution in [3.8, 4) is 11.3 Å². The molecule has 0 atom stereocenters. The summed E-state index contributed by atoms with van der Waals surface area (Å²) in [4.78, 5) is 4.06. The first-order valence-electron chi connectivity index (χ1n) is 6.26. The fraction of sp³-hybridized carbons (Fsp3) is 0.385. The first kappa shape index (κ1) is 14.5. The molecule has 0 amide bonds. The number of nitrogens with zero attached hydrogens (tertiary/aromatic N) is 2. The Balaban J connectivity index is 1.78. The monoisotopic (exact) mass is 282 g/mol. The Hall–Kier alpha value is -1.86. The van der Waals surface area contributed by atoms with Gasteiger partial charge in [-0.1, -0.05) is 0 Å². The largest absolute Gasteiger partial charge is 0.374 e. The van der Waals surface area contributed by atoms with E-state index in [1.165, 1.54) is 0 Å². The molecule has 20 heavy (non-hydrogen) atoms. The van der Waals surface area contributed by atoms with Gasteiger partial charge in [-0.25, -0.2) is 8.78 Å². The summed E-state index contributed by atoms with van der Waals surface area (Å²) >= 11 is 0. The van der Waals surface area contributed by atoms with Crippen molar-refractivity contribution in [3.05, 3.63) is 36.3 Å². The lowest BCUT2D eigenvalue weighted by atomic mass is 10.1. The number of pyridine rings is 1. The summed E-state index contributed by atoms with van der Waals surface area (Å²) in [5.41, 5.74) is 2.85. The van der Waals surface area contributed by atoms with Crippen LogP contribution in [0.25, 0.3) is 11.3 Å². The van der Waals surface area contributed by atoms with E-state index in [0.717, 1.165) is 16.8 Å². The Kier molecular flexibility index (Phi) is 5.57. The minimum Gasteiger partial charge on any atom is -0.374 e. The Bertz CT molecular complexity index is 504. The van der Waals surface area contributed by atoms with Crippen LogP contribution < -0.4 is 5.32 Å². The van der Waals surface area contributed by atoms with Crippen molar-refractivity contribution in [2.45, 2.75) is 13.0 Å². The SMILES string of the molecule is FC(F)COCCNCc1cn[nH]c1-c1cccnc1. The quantitative estimate of drug-likeness (QED) is 0.725. The summed E-state index contributed by atoms with van der Waals surface area (Å²) < 4.78 is 28.5. The van der Waals surface area contributed by atoms with Crippen LogP contribution in [0.3, 0.4) is 0 Å². The number of H-pyrrole nitrogens is 1. The van der Waals surface area contributed by atoms with Crippen LogP contribution in [0.15, 0.2) is 30.7 Å². The average Bonchev–Trinajstić information content (AvgIpc) is 2.92. The van der Waals surface area contributed by atoms with Gasteiger partial charge < -0.3 is 10.1 Å². The fourth-order valence-electron chi connectivity index (χ4n) is 1.75. The highest BCUT2D eigenvalue weighted by atomic mass is 19.3. The molecule has 0 saturated carbocycles. The highest BCUT2D eigenvalue weighted by Crippen LogP contribution is 2.19. The van der Waals surface area contributed by atoms with Gasteiger partial charge in [-0.05, 0) is 12.1 Å². The zero-order chi connectivity index (χ0) is 14.2. The van der Waals surface area contributed by atoms with Gasteiger partial charge in [0.05, 0.1) is 18.5 Å². The number of rotatable bonds is 8. The lowest BCUT2D eigenvalue weighted by Gasteiger charge is -2.06. The smallest absolute Gasteiger partial charge is 0.261 e. The molecule has 0 aromatic carbocycles. The second-order valence-corrected chi connectivity index (χ2v) is 4.15. The van der Waals surface area contributed by atoms with Crippen LogP contribution in [0.2, 0.25) is 0 Å². The molecule has 2 aromatic rings. The van der Waals surface area contributed by atoms with Gasteiger partial charge in [-0.2, -0.15) is 5.10 Å². The molecule has 0 fully saturated rings. The molecule has 2 N–H and O–H groups in total. The number of hydrogen-bond donors (Lipinski definition) is 2. The summed E-state index contributed by atoms with van der Waals surface area (Å²) in [6.45, 7) is 0.821. The van der Waals surface area contributed by atoms with Crippen molar-refractivity contribution in [1.82, 2.24) is 20.5 Å². The second kappa shape index (κ2) is 7.66. The van der Waals surface area contributed by atoms with Crippen LogP contribution in [0.5, 0.6) is 0 Å². The van der Waals surface area contributed by atoms with Crippen LogP contribution in [0, 0.1) is 0 Å². The van der Waals surface area contributed by atoms with E-state index >= 15 is 0 Å². The molecule has 0 aliphatic rings. The first-order chi connectivity index (χ1) is 9.77. The Labute approximate surface area is 115 Å². The second-order valence-electron chi connectivity index (χ2n) is 4.15. The molecular formula is C13H16F2N4O. The molecule has 0 saturated heterocycles. The predicted molar refractivity (Wildman–Crippen MR) is 70.3 cm³/mol. The minimum absolute atomic E-state index is 0.254. The molecule has 2 heterocycles. The minimum atomic E-state index is -2.42. The maximum absolute atomic E-state index is 11.8. The van der Waals surface area contributed by atoms with Crippen molar-refractivity contribution in [1.29, 1.82) is 0 Å². The van der Waals surface area contributed by atoms with Gasteiger partial charge in [0.25, 0.3) is 6.43 Å². The summed E-state index contributed by atoms with van der Waals surface area (Å²) in [6, 6.07) is 3.79. The number of alkyl halides is 2. The number of nitrogens with one attached hydrogen (secondary N) is 2. The van der Waals surface area contributed by atoms with Crippen LogP contribution in [-0.4, -0.2) is 41.4 Å². The number of hydrogen-bond acceptors (Lipinski definition) is 4. The van der Waals surface area contributed by atoms with Gasteiger partial charge in [0.1, 0.15) is 6.61 Å². The van der Waals surface area contributed by atoms with E-state index in [-0.39, 0.29) is 6.61 Å². The van der Waals surface area contributed by atoms with E-state index in [4.69, 9.17) is 4.74 Å². The highest BCUT2D eigenvalue weighted by molar-refractivity contribution is 5.61. The van der Waals surface area contributed by atoms with E-state index in [2.05, 4.69) is 20.5 Å². The molecular weight excluding hydrogens is 266 g/mol. The molecule has 0 bridgehead atoms. The molecule has 0 aliphatic heterocycles. The lowest BCUT2D eigenvalue weighted by molar-refractivity contribution is 0.0187. The van der Waals surface area contributed by atoms with E-state index < -0.39 is 13.0 Å². The highest BCUT2D eigenvalue weighted by Gasteiger charge is 2.07. The maximum atomic E-state index is 11.8. The van der Waals surface area contributed by atoms with Gasteiger partial charge in [-0.3, -0.25) is 10.1 Å². The third kappa shape index (κ3) is 4.36. The van der Waals surface area contributed by atoms with Crippen LogP contribution in [0.4, 0.5) is 8.78 Å². The normalized spacial score (nSPS) is 11.2. The third-order valence-electron chi connectivity index (χ3n) is 2.65. The van der Waals surface area contributed by atoms with E-state index in [1.807, 2.05) is 12.1 Å². The molecule has 108 valence electrons. The topological polar surface area (TPSA) is 62.8 Å². The molecule has 0 unspecified atom stereocenters. The third-order valence-corrected chi connectivity index (χ3v) is 2.65. The van der Waals surface area contributed by atoms with Gasteiger partial charge in [0, 0.05) is 36.6 Å². The lowest BCUT2D eigenvalue weighted by Crippen LogP contribution is -2.20. The fourth-order valence-corrected chi connectivity index (χ4v) is 1.75. The van der Waals surface area contributed by atoms with E-state index in [1.54, 1.807) is 18.6 Å². The first-order valence-corrected chi connectivity index (χ1v) is 6.26. The number of aromatic nitrogens is 3. The summed E-state index contributed by atoms with van der Waals surface area (Å²) in [5, 5.41) is 10.1. The Morgan fingerprint density at radius 3 is 3.00 bits per heavy atom. The Morgan fingerprint density at radius 1 is 1.35 bits per heavy atom. The Morgan fingerprint density at radius 2 is 2.25 bits per heavy atom. The number of aromatic amines is 1. The molecule has 7 heteroatoms. The maximum Gasteiger partial charge on any atom is 0.261 e. The zero-order valence-electron chi connectivity index (χ0n) is 10.9. The zero-order valence-corrected chi connectivity index (χ0v) is 10.9. The number of ether oxygens (including phenoxy) is 1. The van der Waals surface area contributed by atoms with E-state index in [9.17, 15) is 8.78 Å². The molecule has 0 spiro atoms. The van der Waals surface area contributed by atoms with Crippen LogP contribution in [-0.2, 0) is 11.3 Å². The van der Waals surface area contributed by atoms with Crippen molar-refractivity contribution in [3.63, 3.8) is 0 Å². The van der Waals surface area contributed by atoms with Crippen LogP contribution >= 0.6 is 0 Å². The van der Waals surface area contributed by atoms with Gasteiger partial charge >= 0.3 is 0 Å². The number of halogens is 2. The molecule has 5 nitrogen and oxygen atoms in total. The molecule has 2 rings (SSSR count). The van der Waals surface area contributed by atoms with Crippen molar-refractivity contribution >= 4 is 0 Å². The summed E-state index contributed by atoms with van der Waals surface area (Å²) in [7, 11) is 0. The summed E-state index contributed by atoms with van der Waals surface area (Å²) in [5.74, 6) is 0. The van der Waals surface area contributed by atoms with Gasteiger partial charge in [0.15, 0.2) is 0 Å². The van der Waals surface area contributed by atoms with E-state index in [0.29, 0.717) is 13.1 Å². The van der Waals surface area contributed by atoms with Gasteiger partial charge in [0.2, 0.25) is 0 Å². The molecule has 2 aromatic heterocycles. The molecule has 0 aliphatic carbocycles. The average molecular weight is 282 g/mol. The predicted octanol–water partition coefficient (Wildman–Crippen LogP) is 1.84.